The molecule has 3 atom stereocenters. The van der Waals surface area contributed by atoms with Gasteiger partial charge in [-0.3, -0.25) is 4.79 Å². The Bertz CT molecular complexity index is 812. The number of fused-ring (bicyclic) bond motifs is 1. The van der Waals surface area contributed by atoms with Gasteiger partial charge in [-0.05, 0) is 50.6 Å². The van der Waals surface area contributed by atoms with Gasteiger partial charge in [-0.2, -0.15) is 0 Å². The minimum Gasteiger partial charge on any atom is -0.598 e. The molecule has 0 saturated heterocycles. The Balaban J connectivity index is 1.96. The first-order chi connectivity index (χ1) is 12.3. The van der Waals surface area contributed by atoms with Crippen LogP contribution in [-0.4, -0.2) is 26.2 Å². The van der Waals surface area contributed by atoms with Gasteiger partial charge < -0.3 is 15.2 Å². The summed E-state index contributed by atoms with van der Waals surface area (Å²) in [5, 5.41) is 5.87. The molecule has 1 aliphatic heterocycles. The zero-order chi connectivity index (χ0) is 18.9. The Morgan fingerprint density at radius 2 is 2.08 bits per heavy atom. The lowest BCUT2D eigenvalue weighted by Crippen LogP contribution is -2.52. The maximum Gasteiger partial charge on any atom is 0.249 e. The van der Waals surface area contributed by atoms with Crippen LogP contribution in [0.2, 0.25) is 0 Å². The molecule has 8 heteroatoms. The van der Waals surface area contributed by atoms with E-state index in [1.165, 1.54) is 12.1 Å². The molecule has 6 nitrogen and oxygen atoms in total. The molecule has 0 spiro atoms. The number of carbonyl (C=O) groups is 1. The van der Waals surface area contributed by atoms with Crippen molar-refractivity contribution in [2.24, 2.45) is 0 Å². The number of benzene rings is 1. The number of aromatic nitrogens is 1. The average Bonchev–Trinajstić information content (AvgIpc) is 2.58. The van der Waals surface area contributed by atoms with Crippen LogP contribution in [0.1, 0.15) is 32.4 Å². The Morgan fingerprint density at radius 1 is 1.31 bits per heavy atom. The number of rotatable bonds is 4. The second-order valence-corrected chi connectivity index (χ2v) is 9.04. The minimum atomic E-state index is -1.46. The highest BCUT2D eigenvalue weighted by Gasteiger charge is 2.39. The molecule has 2 heterocycles. The van der Waals surface area contributed by atoms with Gasteiger partial charge in [0.1, 0.15) is 28.5 Å². The number of halogens is 1. The number of nitrogens with zero attached hydrogens (tertiary/aromatic N) is 1. The third kappa shape index (κ3) is 3.98. The topological polar surface area (TPSA) is 89.1 Å². The van der Waals surface area contributed by atoms with Crippen LogP contribution in [0.25, 0.3) is 0 Å². The normalized spacial score (nSPS) is 19.1. The van der Waals surface area contributed by atoms with Crippen molar-refractivity contribution in [3.05, 3.63) is 54.0 Å². The number of pyridine rings is 1. The van der Waals surface area contributed by atoms with E-state index in [2.05, 4.69) is 20.3 Å². The first-order valence-electron chi connectivity index (χ1n) is 8.21. The Morgan fingerprint density at radius 3 is 2.77 bits per heavy atom. The lowest BCUT2D eigenvalue weighted by molar-refractivity contribution is -0.117. The fourth-order valence-corrected chi connectivity index (χ4v) is 3.46. The van der Waals surface area contributed by atoms with E-state index in [0.717, 1.165) is 0 Å². The van der Waals surface area contributed by atoms with Gasteiger partial charge in [0.15, 0.2) is 0 Å². The van der Waals surface area contributed by atoms with Crippen molar-refractivity contribution in [3.8, 4) is 0 Å². The van der Waals surface area contributed by atoms with E-state index in [0.29, 0.717) is 17.1 Å². The summed E-state index contributed by atoms with van der Waals surface area (Å²) in [5.74, 6) is -0.217. The summed E-state index contributed by atoms with van der Waals surface area (Å²) in [6.45, 7) is 5.47. The van der Waals surface area contributed by atoms with E-state index < -0.39 is 34.0 Å². The largest absolute Gasteiger partial charge is 0.598 e. The van der Waals surface area contributed by atoms with Crippen molar-refractivity contribution >= 4 is 28.8 Å². The molecule has 2 aromatic rings. The molecular formula is C18H21FN4O2S. The molecule has 0 saturated carbocycles. The van der Waals surface area contributed by atoms with Crippen LogP contribution < -0.4 is 15.4 Å². The Hall–Kier alpha value is -2.16. The molecule has 138 valence electrons. The second kappa shape index (κ2) is 7.22. The highest BCUT2D eigenvalue weighted by atomic mass is 32.2. The van der Waals surface area contributed by atoms with Crippen molar-refractivity contribution in [1.29, 1.82) is 0 Å². The number of hydrogen-bond donors (Lipinski definition) is 3. The van der Waals surface area contributed by atoms with Crippen LogP contribution in [-0.2, 0) is 16.2 Å². The number of hydrogen-bond acceptors (Lipinski definition) is 5. The van der Waals surface area contributed by atoms with Crippen LogP contribution in [0.15, 0.2) is 42.6 Å². The number of carbonyl (C=O) groups excluding carboxylic acids is 1. The summed E-state index contributed by atoms with van der Waals surface area (Å²) < 4.78 is 28.9. The maximum atomic E-state index is 13.8. The zero-order valence-corrected chi connectivity index (χ0v) is 15.6. The summed E-state index contributed by atoms with van der Waals surface area (Å²) in [6.07, 6.45) is 1.61. The molecule has 1 amide bonds. The summed E-state index contributed by atoms with van der Waals surface area (Å²) in [6, 6.07) is 7.87. The molecule has 1 aromatic carbocycles. The van der Waals surface area contributed by atoms with Gasteiger partial charge >= 0.3 is 0 Å². The molecule has 0 aliphatic carbocycles. The van der Waals surface area contributed by atoms with E-state index in [-0.39, 0.29) is 5.91 Å². The summed E-state index contributed by atoms with van der Waals surface area (Å²) in [5.41, 5.74) is 1.10. The Labute approximate surface area is 154 Å². The Kier molecular flexibility index (Phi) is 5.17. The van der Waals surface area contributed by atoms with E-state index in [4.69, 9.17) is 0 Å². The van der Waals surface area contributed by atoms with Gasteiger partial charge in [0.25, 0.3) is 0 Å². The zero-order valence-electron chi connectivity index (χ0n) is 14.7. The van der Waals surface area contributed by atoms with Gasteiger partial charge in [0.2, 0.25) is 5.91 Å². The number of nitrogens with one attached hydrogen (secondary N) is 3. The minimum absolute atomic E-state index is 0.307. The third-order valence-electron chi connectivity index (χ3n) is 3.97. The first kappa shape index (κ1) is 18.6. The summed E-state index contributed by atoms with van der Waals surface area (Å²) in [4.78, 5) is 16.9. The van der Waals surface area contributed by atoms with Crippen LogP contribution in [0.3, 0.4) is 0 Å². The quantitative estimate of drug-likeness (QED) is 0.714. The average molecular weight is 376 g/mol. The van der Waals surface area contributed by atoms with Crippen LogP contribution in [0, 0.1) is 5.82 Å². The van der Waals surface area contributed by atoms with Crippen molar-refractivity contribution < 1.29 is 13.7 Å². The lowest BCUT2D eigenvalue weighted by Gasteiger charge is -2.34. The predicted octanol–water partition coefficient (Wildman–Crippen LogP) is 2.75. The standard InChI is InChI=1S/C18H21FN4O2S/c1-18(2,3)26(25)23-14(11-6-4-7-12(19)10-11)15-17(24)21-13-8-5-9-20-16(13)22-15/h4-10,14-15,23H,1-3H3,(H,20,22)(H,21,24)/t14-,15+,26+/m1/s1. The van der Waals surface area contributed by atoms with Gasteiger partial charge in [-0.1, -0.05) is 12.1 Å². The lowest BCUT2D eigenvalue weighted by atomic mass is 9.98. The molecule has 0 bridgehead atoms. The molecule has 3 N–H and O–H groups in total. The van der Waals surface area contributed by atoms with Gasteiger partial charge in [-0.25, -0.2) is 9.37 Å². The van der Waals surface area contributed by atoms with Crippen LogP contribution >= 0.6 is 0 Å². The summed E-state index contributed by atoms with van der Waals surface area (Å²) in [7, 11) is 0. The van der Waals surface area contributed by atoms with Crippen molar-refractivity contribution in [2.75, 3.05) is 10.6 Å². The van der Waals surface area contributed by atoms with E-state index in [1.807, 2.05) is 20.8 Å². The predicted molar refractivity (Wildman–Crippen MR) is 100 cm³/mol. The maximum absolute atomic E-state index is 13.8. The van der Waals surface area contributed by atoms with E-state index >= 15 is 0 Å². The van der Waals surface area contributed by atoms with Crippen molar-refractivity contribution in [1.82, 2.24) is 9.71 Å². The molecular weight excluding hydrogens is 355 g/mol. The highest BCUT2D eigenvalue weighted by molar-refractivity contribution is 7.90. The first-order valence-corrected chi connectivity index (χ1v) is 9.36. The summed E-state index contributed by atoms with van der Waals surface area (Å²) >= 11 is -1.46. The SMILES string of the molecule is CC(C)(C)[S@+]([O-])N[C@H](c1cccc(F)c1)[C@@H]1Nc2ncccc2NC1=O. The van der Waals surface area contributed by atoms with Gasteiger partial charge in [-0.15, -0.1) is 4.72 Å². The van der Waals surface area contributed by atoms with E-state index in [9.17, 15) is 13.7 Å². The second-order valence-electron chi connectivity index (χ2n) is 7.04. The fourth-order valence-electron chi connectivity index (χ4n) is 2.60. The van der Waals surface area contributed by atoms with E-state index in [1.54, 1.807) is 30.5 Å². The van der Waals surface area contributed by atoms with Gasteiger partial charge in [0, 0.05) is 17.6 Å². The molecule has 3 rings (SSSR count). The third-order valence-corrected chi connectivity index (χ3v) is 5.55. The molecule has 0 radical (unpaired) electrons. The van der Waals surface area contributed by atoms with Crippen LogP contribution in [0.5, 0.6) is 0 Å². The van der Waals surface area contributed by atoms with Crippen molar-refractivity contribution in [3.63, 3.8) is 0 Å². The molecule has 0 fully saturated rings. The van der Waals surface area contributed by atoms with Crippen molar-refractivity contribution in [2.45, 2.75) is 37.6 Å². The fraction of sp³-hybridized carbons (Fsp3) is 0.333. The molecule has 26 heavy (non-hydrogen) atoms. The number of anilines is 2. The molecule has 1 aliphatic rings. The molecule has 1 aromatic heterocycles. The smallest absolute Gasteiger partial charge is 0.249 e. The number of amides is 1. The van der Waals surface area contributed by atoms with Gasteiger partial charge in [0.05, 0.1) is 5.69 Å². The highest BCUT2D eigenvalue weighted by Crippen LogP contribution is 2.31. The monoisotopic (exact) mass is 376 g/mol. The molecule has 0 unspecified atom stereocenters. The van der Waals surface area contributed by atoms with Crippen LogP contribution in [0.4, 0.5) is 15.9 Å².